The minimum absolute atomic E-state index is 0. The number of carbonyl (C=O) groups is 1. The molecule has 30 heavy (non-hydrogen) atoms. The lowest BCUT2D eigenvalue weighted by atomic mass is 9.88. The zero-order valence-corrected chi connectivity index (χ0v) is 19.3. The van der Waals surface area contributed by atoms with E-state index in [4.69, 9.17) is 39.5 Å². The zero-order valence-electron chi connectivity index (χ0n) is 16.2. The maximum Gasteiger partial charge on any atom is 0.419 e. The lowest BCUT2D eigenvalue weighted by Gasteiger charge is -2.38. The molecule has 2 fully saturated rings. The number of carbonyl (C=O) groups excluding carboxylic acids is 1. The van der Waals surface area contributed by atoms with Gasteiger partial charge in [-0.3, -0.25) is 0 Å². The Morgan fingerprint density at radius 2 is 1.67 bits per heavy atom. The van der Waals surface area contributed by atoms with Gasteiger partial charge in [-0.2, -0.15) is 0 Å². The summed E-state index contributed by atoms with van der Waals surface area (Å²) in [7, 11) is 0. The Morgan fingerprint density at radius 3 is 2.30 bits per heavy atom. The van der Waals surface area contributed by atoms with Crippen molar-refractivity contribution in [3.8, 4) is 0 Å². The molecule has 2 aromatic rings. The second-order valence-electron chi connectivity index (χ2n) is 7.46. The average molecular weight is 488 g/mol. The van der Waals surface area contributed by atoms with E-state index in [1.54, 1.807) is 18.2 Å². The number of ether oxygens (including phenoxy) is 1. The predicted molar refractivity (Wildman–Crippen MR) is 125 cm³/mol. The summed E-state index contributed by atoms with van der Waals surface area (Å²) in [4.78, 5) is 16.5. The molecule has 0 aromatic heterocycles. The van der Waals surface area contributed by atoms with Gasteiger partial charge in [-0.25, -0.2) is 9.69 Å². The Kier molecular flexibility index (Phi) is 7.26. The monoisotopic (exact) mass is 486 g/mol. The molecule has 1 amide bonds. The van der Waals surface area contributed by atoms with Crippen LogP contribution in [0.4, 0.5) is 10.5 Å². The van der Waals surface area contributed by atoms with Crippen molar-refractivity contribution < 1.29 is 9.53 Å². The van der Waals surface area contributed by atoms with Crippen molar-refractivity contribution in [3.63, 3.8) is 0 Å². The maximum absolute atomic E-state index is 12.6. The van der Waals surface area contributed by atoms with Gasteiger partial charge in [0.2, 0.25) is 0 Å². The Balaban J connectivity index is 0.00000256. The summed E-state index contributed by atoms with van der Waals surface area (Å²) < 4.78 is 5.83. The summed E-state index contributed by atoms with van der Waals surface area (Å²) >= 11 is 18.1. The van der Waals surface area contributed by atoms with Gasteiger partial charge < -0.3 is 9.64 Å². The van der Waals surface area contributed by atoms with Gasteiger partial charge in [0.1, 0.15) is 0 Å². The number of anilines is 1. The highest BCUT2D eigenvalue weighted by Gasteiger charge is 2.50. The van der Waals surface area contributed by atoms with E-state index in [1.165, 1.54) is 10.5 Å². The standard InChI is InChI=1S/C22H21Cl3N2O2.ClH/c1-15-22(29-21(28)27(15)18-6-7-19(24)20(25)14-18)9-12-26(13-10-22)11-8-16-2-4-17(23)5-3-16;/h2-7,14H,1,8-13H2;1H. The summed E-state index contributed by atoms with van der Waals surface area (Å²) in [5.41, 5.74) is 1.90. The van der Waals surface area contributed by atoms with Gasteiger partial charge in [0, 0.05) is 37.5 Å². The summed E-state index contributed by atoms with van der Waals surface area (Å²) in [5.74, 6) is 0. The maximum atomic E-state index is 12.6. The lowest BCUT2D eigenvalue weighted by molar-refractivity contribution is 0.0154. The third kappa shape index (κ3) is 4.58. The van der Waals surface area contributed by atoms with Crippen molar-refractivity contribution in [3.05, 3.63) is 75.4 Å². The first-order chi connectivity index (χ1) is 13.9. The van der Waals surface area contributed by atoms with E-state index in [2.05, 4.69) is 23.6 Å². The Labute approximate surface area is 197 Å². The second kappa shape index (κ2) is 9.37. The van der Waals surface area contributed by atoms with Gasteiger partial charge in [0.25, 0.3) is 0 Å². The number of rotatable bonds is 4. The second-order valence-corrected chi connectivity index (χ2v) is 8.71. The van der Waals surface area contributed by atoms with E-state index in [0.29, 0.717) is 21.4 Å². The van der Waals surface area contributed by atoms with Crippen molar-refractivity contribution in [2.75, 3.05) is 24.5 Å². The summed E-state index contributed by atoms with van der Waals surface area (Å²) in [6.45, 7) is 6.83. The molecule has 2 aliphatic rings. The van der Waals surface area contributed by atoms with Crippen molar-refractivity contribution in [2.24, 2.45) is 0 Å². The minimum atomic E-state index is -0.653. The molecule has 2 saturated heterocycles. The van der Waals surface area contributed by atoms with Crippen LogP contribution in [0.15, 0.2) is 54.7 Å². The van der Waals surface area contributed by atoms with E-state index >= 15 is 0 Å². The van der Waals surface area contributed by atoms with E-state index < -0.39 is 11.7 Å². The fraction of sp³-hybridized carbons (Fsp3) is 0.318. The van der Waals surface area contributed by atoms with Crippen LogP contribution in [0.1, 0.15) is 18.4 Å². The molecule has 0 unspecified atom stereocenters. The topological polar surface area (TPSA) is 32.8 Å². The van der Waals surface area contributed by atoms with E-state index in [1.807, 2.05) is 12.1 Å². The van der Waals surface area contributed by atoms with Crippen LogP contribution in [0.3, 0.4) is 0 Å². The molecule has 0 atom stereocenters. The number of hydrogen-bond acceptors (Lipinski definition) is 3. The Bertz CT molecular complexity index is 941. The summed E-state index contributed by atoms with van der Waals surface area (Å²) in [6, 6.07) is 13.0. The molecule has 2 aliphatic heterocycles. The van der Waals surface area contributed by atoms with Crippen LogP contribution in [0.2, 0.25) is 15.1 Å². The molecule has 4 rings (SSSR count). The highest BCUT2D eigenvalue weighted by molar-refractivity contribution is 6.42. The molecule has 1 spiro atoms. The summed E-state index contributed by atoms with van der Waals surface area (Å²) in [6.07, 6.45) is 1.98. The number of piperidine rings is 1. The van der Waals surface area contributed by atoms with Crippen LogP contribution >= 0.6 is 47.2 Å². The zero-order chi connectivity index (χ0) is 20.6. The van der Waals surface area contributed by atoms with Crippen molar-refractivity contribution in [2.45, 2.75) is 24.9 Å². The van der Waals surface area contributed by atoms with Gasteiger partial charge >= 0.3 is 6.09 Å². The fourth-order valence-electron chi connectivity index (χ4n) is 3.94. The number of amides is 1. The van der Waals surface area contributed by atoms with Gasteiger partial charge in [-0.1, -0.05) is 53.5 Å². The van der Waals surface area contributed by atoms with Gasteiger partial charge in [-0.15, -0.1) is 12.4 Å². The van der Waals surface area contributed by atoms with Gasteiger partial charge in [0.15, 0.2) is 5.60 Å². The predicted octanol–water partition coefficient (Wildman–Crippen LogP) is 6.62. The third-order valence-corrected chi connectivity index (χ3v) is 6.71. The minimum Gasteiger partial charge on any atom is -0.436 e. The molecular formula is C22H22Cl4N2O2. The number of hydrogen-bond donors (Lipinski definition) is 0. The highest BCUT2D eigenvalue weighted by Crippen LogP contribution is 2.43. The van der Waals surface area contributed by atoms with E-state index in [9.17, 15) is 4.79 Å². The molecular weight excluding hydrogens is 466 g/mol. The molecule has 0 saturated carbocycles. The molecule has 4 nitrogen and oxygen atoms in total. The molecule has 160 valence electrons. The number of likely N-dealkylation sites (tertiary alicyclic amines) is 1. The quantitative estimate of drug-likeness (QED) is 0.485. The largest absolute Gasteiger partial charge is 0.436 e. The van der Waals surface area contributed by atoms with Crippen molar-refractivity contribution in [1.82, 2.24) is 4.90 Å². The molecule has 2 heterocycles. The highest BCUT2D eigenvalue weighted by atomic mass is 35.5. The first-order valence-electron chi connectivity index (χ1n) is 9.52. The first kappa shape index (κ1) is 23.2. The smallest absolute Gasteiger partial charge is 0.419 e. The normalized spacial score (nSPS) is 18.4. The lowest BCUT2D eigenvalue weighted by Crippen LogP contribution is -2.46. The molecule has 0 aliphatic carbocycles. The average Bonchev–Trinajstić information content (AvgIpc) is 2.94. The molecule has 0 bridgehead atoms. The van der Waals surface area contributed by atoms with E-state index in [0.717, 1.165) is 43.9 Å². The molecule has 0 radical (unpaired) electrons. The van der Waals surface area contributed by atoms with Crippen LogP contribution in [-0.2, 0) is 11.2 Å². The van der Waals surface area contributed by atoms with Crippen LogP contribution < -0.4 is 4.90 Å². The molecule has 2 aromatic carbocycles. The number of halogens is 4. The number of nitrogens with zero attached hydrogens (tertiary/aromatic N) is 2. The third-order valence-electron chi connectivity index (χ3n) is 5.72. The SMILES string of the molecule is C=C1N(c2ccc(Cl)c(Cl)c2)C(=O)OC12CCN(CCc1ccc(Cl)cc1)CC2.Cl. The number of benzene rings is 2. The fourth-order valence-corrected chi connectivity index (χ4v) is 4.36. The Hall–Kier alpha value is -1.43. The Morgan fingerprint density at radius 1 is 1.00 bits per heavy atom. The molecule has 8 heteroatoms. The van der Waals surface area contributed by atoms with Crippen molar-refractivity contribution >= 4 is 59.0 Å². The summed E-state index contributed by atoms with van der Waals surface area (Å²) in [5, 5.41) is 1.58. The van der Waals surface area contributed by atoms with Gasteiger partial charge in [-0.05, 0) is 42.3 Å². The van der Waals surface area contributed by atoms with Crippen LogP contribution in [0.25, 0.3) is 0 Å². The van der Waals surface area contributed by atoms with Crippen LogP contribution in [0.5, 0.6) is 0 Å². The van der Waals surface area contributed by atoms with Crippen molar-refractivity contribution in [1.29, 1.82) is 0 Å². The van der Waals surface area contributed by atoms with E-state index in [-0.39, 0.29) is 12.4 Å². The first-order valence-corrected chi connectivity index (χ1v) is 10.7. The van der Waals surface area contributed by atoms with Crippen LogP contribution in [-0.4, -0.2) is 36.2 Å². The van der Waals surface area contributed by atoms with Gasteiger partial charge in [0.05, 0.1) is 21.4 Å². The molecule has 0 N–H and O–H groups in total. The van der Waals surface area contributed by atoms with Crippen LogP contribution in [0, 0.1) is 0 Å².